The summed E-state index contributed by atoms with van der Waals surface area (Å²) in [4.78, 5) is 3.30. The van der Waals surface area contributed by atoms with Crippen LogP contribution in [0.25, 0.3) is 21.8 Å². The van der Waals surface area contributed by atoms with Crippen LogP contribution in [0.5, 0.6) is 0 Å². The summed E-state index contributed by atoms with van der Waals surface area (Å²) in [6, 6.07) is 15.1. The molecule has 0 aliphatic carbocycles. The number of nitrogens with zero attached hydrogens (tertiary/aromatic N) is 1. The van der Waals surface area contributed by atoms with Crippen molar-refractivity contribution >= 4 is 21.8 Å². The van der Waals surface area contributed by atoms with Crippen LogP contribution in [-0.2, 0) is 7.05 Å². The third kappa shape index (κ3) is 4.67. The molecule has 1 N–H and O–H groups in total. The number of H-pyrrole nitrogens is 1. The van der Waals surface area contributed by atoms with Crippen molar-refractivity contribution in [2.45, 2.75) is 60.3 Å². The summed E-state index contributed by atoms with van der Waals surface area (Å²) in [5, 5.41) is 2.76. The van der Waals surface area contributed by atoms with E-state index in [1.54, 1.807) is 0 Å². The highest BCUT2D eigenvalue weighted by molar-refractivity contribution is 5.85. The first kappa shape index (κ1) is 21.8. The smallest absolute Gasteiger partial charge is 0.0480 e. The Balaban J connectivity index is 0.000000184. The number of aromatic amines is 1. The van der Waals surface area contributed by atoms with E-state index in [-0.39, 0.29) is 0 Å². The Morgan fingerprint density at radius 3 is 2.11 bits per heavy atom. The Hall–Kier alpha value is -2.48. The molecule has 2 heterocycles. The first-order chi connectivity index (χ1) is 13.4. The van der Waals surface area contributed by atoms with Crippen molar-refractivity contribution in [3.8, 4) is 0 Å². The van der Waals surface area contributed by atoms with Gasteiger partial charge >= 0.3 is 0 Å². The lowest BCUT2D eigenvalue weighted by Crippen LogP contribution is -1.84. The second kappa shape index (κ2) is 9.64. The van der Waals surface area contributed by atoms with Crippen molar-refractivity contribution in [1.29, 1.82) is 0 Å². The number of fused-ring (bicyclic) bond motifs is 2. The van der Waals surface area contributed by atoms with Gasteiger partial charge in [0.1, 0.15) is 0 Å². The quantitative estimate of drug-likeness (QED) is 0.367. The van der Waals surface area contributed by atoms with Crippen LogP contribution in [0, 0.1) is 6.92 Å². The maximum absolute atomic E-state index is 3.30. The molecule has 0 spiro atoms. The fourth-order valence-electron chi connectivity index (χ4n) is 3.57. The molecule has 28 heavy (non-hydrogen) atoms. The van der Waals surface area contributed by atoms with Crippen molar-refractivity contribution in [3.63, 3.8) is 0 Å². The van der Waals surface area contributed by atoms with Crippen LogP contribution >= 0.6 is 0 Å². The zero-order valence-corrected chi connectivity index (χ0v) is 18.8. The third-order valence-corrected chi connectivity index (χ3v) is 5.04. The number of rotatable bonds is 2. The van der Waals surface area contributed by atoms with Crippen molar-refractivity contribution in [1.82, 2.24) is 9.55 Å². The van der Waals surface area contributed by atoms with E-state index in [1.165, 1.54) is 38.5 Å². The van der Waals surface area contributed by atoms with Crippen LogP contribution in [0.15, 0.2) is 54.9 Å². The molecule has 4 rings (SSSR count). The van der Waals surface area contributed by atoms with E-state index in [1.807, 2.05) is 13.8 Å². The van der Waals surface area contributed by atoms with Gasteiger partial charge in [0.25, 0.3) is 0 Å². The first-order valence-corrected chi connectivity index (χ1v) is 10.5. The van der Waals surface area contributed by atoms with Crippen LogP contribution in [0.3, 0.4) is 0 Å². The van der Waals surface area contributed by atoms with E-state index in [2.05, 4.69) is 106 Å². The van der Waals surface area contributed by atoms with Crippen molar-refractivity contribution in [3.05, 3.63) is 71.5 Å². The second-order valence-electron chi connectivity index (χ2n) is 7.81. The van der Waals surface area contributed by atoms with Gasteiger partial charge < -0.3 is 9.55 Å². The highest BCUT2D eigenvalue weighted by atomic mass is 14.9. The van der Waals surface area contributed by atoms with Crippen molar-refractivity contribution < 1.29 is 0 Å². The van der Waals surface area contributed by atoms with E-state index in [4.69, 9.17) is 0 Å². The largest absolute Gasteiger partial charge is 0.361 e. The van der Waals surface area contributed by atoms with Gasteiger partial charge in [-0.05, 0) is 48.1 Å². The third-order valence-electron chi connectivity index (χ3n) is 5.04. The summed E-state index contributed by atoms with van der Waals surface area (Å²) in [5.41, 5.74) is 6.76. The van der Waals surface area contributed by atoms with E-state index in [0.717, 1.165) is 0 Å². The van der Waals surface area contributed by atoms with Crippen LogP contribution in [0.4, 0.5) is 0 Å². The Morgan fingerprint density at radius 2 is 1.46 bits per heavy atom. The number of aryl methyl sites for hydroxylation is 2. The highest BCUT2D eigenvalue weighted by Crippen LogP contribution is 2.27. The van der Waals surface area contributed by atoms with Gasteiger partial charge in [0.15, 0.2) is 0 Å². The molecule has 4 aromatic rings. The van der Waals surface area contributed by atoms with Gasteiger partial charge in [-0.1, -0.05) is 71.4 Å². The monoisotopic (exact) mass is 376 g/mol. The van der Waals surface area contributed by atoms with Gasteiger partial charge in [-0.15, -0.1) is 0 Å². The maximum atomic E-state index is 3.30. The van der Waals surface area contributed by atoms with Crippen LogP contribution < -0.4 is 0 Å². The number of hydrogen-bond acceptors (Lipinski definition) is 0. The second-order valence-corrected chi connectivity index (χ2v) is 7.81. The number of hydrogen-bond donors (Lipinski definition) is 1. The minimum Gasteiger partial charge on any atom is -0.361 e. The van der Waals surface area contributed by atoms with Gasteiger partial charge in [0, 0.05) is 41.2 Å². The van der Waals surface area contributed by atoms with Crippen molar-refractivity contribution in [2.75, 3.05) is 0 Å². The predicted molar refractivity (Wildman–Crippen MR) is 125 cm³/mol. The Labute approximate surface area is 170 Å². The molecule has 150 valence electrons. The number of nitrogens with one attached hydrogen (secondary N) is 1. The van der Waals surface area contributed by atoms with Crippen LogP contribution in [-0.4, -0.2) is 9.55 Å². The molecule has 2 nitrogen and oxygen atoms in total. The molecule has 0 fully saturated rings. The fraction of sp³-hybridized carbons (Fsp3) is 0.385. The van der Waals surface area contributed by atoms with E-state index in [9.17, 15) is 0 Å². The molecular weight excluding hydrogens is 340 g/mol. The molecule has 0 aliphatic rings. The molecule has 0 radical (unpaired) electrons. The molecule has 2 aromatic heterocycles. The summed E-state index contributed by atoms with van der Waals surface area (Å²) in [6.45, 7) is 15.1. The minimum atomic E-state index is 0.593. The molecule has 0 unspecified atom stereocenters. The van der Waals surface area contributed by atoms with E-state index < -0.39 is 0 Å². The minimum absolute atomic E-state index is 0.593. The normalized spacial score (nSPS) is 10.8. The Bertz CT molecular complexity index is 1020. The van der Waals surface area contributed by atoms with Gasteiger partial charge in [0.2, 0.25) is 0 Å². The highest BCUT2D eigenvalue weighted by Gasteiger charge is 2.08. The molecular formula is C26H36N2. The van der Waals surface area contributed by atoms with Gasteiger partial charge in [-0.3, -0.25) is 0 Å². The Kier molecular flexibility index (Phi) is 7.51. The molecule has 0 atom stereocenters. The molecule has 0 aliphatic heterocycles. The fourth-order valence-corrected chi connectivity index (χ4v) is 3.57. The molecule has 0 saturated heterocycles. The first-order valence-electron chi connectivity index (χ1n) is 10.5. The number of para-hydroxylation sites is 1. The zero-order chi connectivity index (χ0) is 20.8. The lowest BCUT2D eigenvalue weighted by Gasteiger charge is -2.02. The van der Waals surface area contributed by atoms with Crippen LogP contribution in [0.2, 0.25) is 0 Å². The Morgan fingerprint density at radius 1 is 0.821 bits per heavy atom. The summed E-state index contributed by atoms with van der Waals surface area (Å²) in [5.74, 6) is 1.20. The maximum Gasteiger partial charge on any atom is 0.0480 e. The number of benzene rings is 2. The summed E-state index contributed by atoms with van der Waals surface area (Å²) in [6.07, 6.45) is 4.35. The van der Waals surface area contributed by atoms with Gasteiger partial charge in [-0.2, -0.15) is 0 Å². The van der Waals surface area contributed by atoms with Crippen molar-refractivity contribution in [2.24, 2.45) is 7.05 Å². The summed E-state index contributed by atoms with van der Waals surface area (Å²) < 4.78 is 2.20. The molecule has 0 amide bonds. The predicted octanol–water partition coefficient (Wildman–Crippen LogP) is 7.93. The molecule has 0 saturated carbocycles. The zero-order valence-electron chi connectivity index (χ0n) is 18.8. The molecule has 2 aromatic carbocycles. The standard InChI is InChI=1S/2C12H15N.C2H6/c1-8(2)11-7-13-12-5-4-9(3)6-10(11)12;1-9(2)11-8-13(3)12-7-5-4-6-10(11)12;1-2/h4-8,13H,1-3H3;4-9H,1-3H3;1-2H3. The lowest BCUT2D eigenvalue weighted by molar-refractivity contribution is 0.857. The molecule has 0 bridgehead atoms. The average Bonchev–Trinajstić information content (AvgIpc) is 3.25. The average molecular weight is 377 g/mol. The topological polar surface area (TPSA) is 20.7 Å². The SMILES string of the molecule is CC.CC(C)c1cn(C)c2ccccc12.Cc1ccc2[nH]cc(C(C)C)c2c1. The number of aromatic nitrogens is 2. The lowest BCUT2D eigenvalue weighted by atomic mass is 10.0. The van der Waals surface area contributed by atoms with Crippen LogP contribution in [0.1, 0.15) is 70.1 Å². The molecule has 2 heteroatoms. The summed E-state index contributed by atoms with van der Waals surface area (Å²) >= 11 is 0. The van der Waals surface area contributed by atoms with Gasteiger partial charge in [0.05, 0.1) is 0 Å². The summed E-state index contributed by atoms with van der Waals surface area (Å²) in [7, 11) is 2.11. The van der Waals surface area contributed by atoms with E-state index >= 15 is 0 Å². The van der Waals surface area contributed by atoms with E-state index in [0.29, 0.717) is 11.8 Å². The van der Waals surface area contributed by atoms with Gasteiger partial charge in [-0.25, -0.2) is 0 Å².